The summed E-state index contributed by atoms with van der Waals surface area (Å²) in [5, 5.41) is 20.2. The van der Waals surface area contributed by atoms with E-state index in [1.807, 2.05) is 40.9 Å². The fourth-order valence-corrected chi connectivity index (χ4v) is 2.67. The summed E-state index contributed by atoms with van der Waals surface area (Å²) in [7, 11) is 0. The number of pyridine rings is 2. The first kappa shape index (κ1) is 13.3. The quantitative estimate of drug-likeness (QED) is 0.595. The maximum atomic E-state index is 10.1. The number of nitrogens with zero attached hydrogens (tertiary/aromatic N) is 3. The summed E-state index contributed by atoms with van der Waals surface area (Å²) in [5.74, 6) is 0.697. The number of aromatic nitrogens is 3. The van der Waals surface area contributed by atoms with Gasteiger partial charge < -0.3 is 10.2 Å². The fourth-order valence-electron chi connectivity index (χ4n) is 2.67. The molecule has 112 valence electrons. The maximum Gasteiger partial charge on any atom is 0.220 e. The van der Waals surface area contributed by atoms with Crippen LogP contribution in [-0.2, 0) is 0 Å². The summed E-state index contributed by atoms with van der Waals surface area (Å²) in [5.41, 5.74) is 2.63. The van der Waals surface area contributed by atoms with Crippen LogP contribution in [0.15, 0.2) is 67.0 Å². The van der Waals surface area contributed by atoms with Gasteiger partial charge in [-0.15, -0.1) is 0 Å². The molecule has 0 spiro atoms. The van der Waals surface area contributed by atoms with Crippen LogP contribution in [0.2, 0.25) is 0 Å². The molecule has 0 aliphatic carbocycles. The number of hydrogen-bond donors (Lipinski definition) is 2. The Morgan fingerprint density at radius 1 is 0.826 bits per heavy atom. The van der Waals surface area contributed by atoms with Crippen molar-refractivity contribution in [1.29, 1.82) is 0 Å². The molecule has 0 radical (unpaired) electrons. The van der Waals surface area contributed by atoms with Crippen molar-refractivity contribution in [1.82, 2.24) is 14.4 Å². The SMILES string of the molecule is Oc1ccccc1-c1nc(-c2cccnc2O)c2ccccn12. The smallest absolute Gasteiger partial charge is 0.220 e. The second-order valence-electron chi connectivity index (χ2n) is 5.13. The zero-order chi connectivity index (χ0) is 15.8. The van der Waals surface area contributed by atoms with Crippen LogP contribution in [0, 0.1) is 0 Å². The molecule has 5 heteroatoms. The molecule has 1 aromatic carbocycles. The lowest BCUT2D eigenvalue weighted by atomic mass is 10.2. The number of phenols is 1. The monoisotopic (exact) mass is 303 g/mol. The molecular formula is C18H13N3O2. The van der Waals surface area contributed by atoms with Crippen LogP contribution >= 0.6 is 0 Å². The van der Waals surface area contributed by atoms with Crippen LogP contribution in [0.3, 0.4) is 0 Å². The summed E-state index contributed by atoms with van der Waals surface area (Å²) in [4.78, 5) is 8.57. The van der Waals surface area contributed by atoms with Crippen LogP contribution in [0.4, 0.5) is 0 Å². The van der Waals surface area contributed by atoms with E-state index in [1.54, 1.807) is 24.3 Å². The van der Waals surface area contributed by atoms with Crippen molar-refractivity contribution in [3.63, 3.8) is 0 Å². The zero-order valence-electron chi connectivity index (χ0n) is 12.1. The third kappa shape index (κ3) is 2.10. The van der Waals surface area contributed by atoms with E-state index in [2.05, 4.69) is 9.97 Å². The summed E-state index contributed by atoms with van der Waals surface area (Å²) >= 11 is 0. The van der Waals surface area contributed by atoms with Gasteiger partial charge in [0.1, 0.15) is 17.3 Å². The van der Waals surface area contributed by atoms with E-state index in [0.29, 0.717) is 22.6 Å². The Labute approximate surface area is 132 Å². The lowest BCUT2D eigenvalue weighted by molar-refractivity contribution is 0.455. The molecule has 4 rings (SSSR count). The number of benzene rings is 1. The Balaban J connectivity index is 2.06. The normalized spacial score (nSPS) is 11.0. The van der Waals surface area contributed by atoms with Gasteiger partial charge in [-0.2, -0.15) is 0 Å². The molecule has 0 saturated carbocycles. The number of aromatic hydroxyl groups is 2. The molecule has 3 aromatic heterocycles. The minimum Gasteiger partial charge on any atom is -0.507 e. The predicted molar refractivity (Wildman–Crippen MR) is 87.2 cm³/mol. The molecule has 0 aliphatic heterocycles. The second-order valence-corrected chi connectivity index (χ2v) is 5.13. The van der Waals surface area contributed by atoms with Crippen LogP contribution in [0.25, 0.3) is 28.2 Å². The molecule has 0 unspecified atom stereocenters. The molecule has 0 fully saturated rings. The van der Waals surface area contributed by atoms with Gasteiger partial charge in [0.25, 0.3) is 0 Å². The van der Waals surface area contributed by atoms with Crippen molar-refractivity contribution in [2.75, 3.05) is 0 Å². The van der Waals surface area contributed by atoms with E-state index < -0.39 is 0 Å². The fraction of sp³-hybridized carbons (Fsp3) is 0. The first-order chi connectivity index (χ1) is 11.3. The highest BCUT2D eigenvalue weighted by Gasteiger charge is 2.18. The summed E-state index contributed by atoms with van der Waals surface area (Å²) in [6.07, 6.45) is 3.40. The van der Waals surface area contributed by atoms with Gasteiger partial charge in [0.15, 0.2) is 0 Å². The minimum absolute atomic E-state index is 0.0693. The van der Waals surface area contributed by atoms with Gasteiger partial charge in [-0.3, -0.25) is 4.40 Å². The highest BCUT2D eigenvalue weighted by molar-refractivity contribution is 5.84. The maximum absolute atomic E-state index is 10.1. The van der Waals surface area contributed by atoms with E-state index >= 15 is 0 Å². The third-order valence-corrected chi connectivity index (χ3v) is 3.74. The van der Waals surface area contributed by atoms with E-state index in [1.165, 1.54) is 6.20 Å². The molecule has 0 atom stereocenters. The predicted octanol–water partition coefficient (Wildman–Crippen LogP) is 3.47. The van der Waals surface area contributed by atoms with Gasteiger partial charge >= 0.3 is 0 Å². The van der Waals surface area contributed by atoms with Gasteiger partial charge in [-0.25, -0.2) is 9.97 Å². The van der Waals surface area contributed by atoms with Crippen molar-refractivity contribution in [3.05, 3.63) is 67.0 Å². The van der Waals surface area contributed by atoms with Crippen molar-refractivity contribution >= 4 is 5.52 Å². The van der Waals surface area contributed by atoms with Gasteiger partial charge in [0.05, 0.1) is 16.6 Å². The minimum atomic E-state index is -0.0693. The number of fused-ring (bicyclic) bond motifs is 1. The number of rotatable bonds is 2. The van der Waals surface area contributed by atoms with Crippen LogP contribution < -0.4 is 0 Å². The molecule has 0 amide bonds. The largest absolute Gasteiger partial charge is 0.507 e. The van der Waals surface area contributed by atoms with E-state index in [-0.39, 0.29) is 11.6 Å². The summed E-state index contributed by atoms with van der Waals surface area (Å²) in [6, 6.07) is 16.3. The highest BCUT2D eigenvalue weighted by atomic mass is 16.3. The van der Waals surface area contributed by atoms with E-state index in [0.717, 1.165) is 5.52 Å². The Morgan fingerprint density at radius 2 is 1.61 bits per heavy atom. The number of imidazole rings is 1. The Bertz CT molecular complexity index is 929. The van der Waals surface area contributed by atoms with E-state index in [9.17, 15) is 10.2 Å². The van der Waals surface area contributed by atoms with Gasteiger partial charge in [-0.05, 0) is 36.4 Å². The van der Waals surface area contributed by atoms with Crippen LogP contribution in [-0.4, -0.2) is 24.6 Å². The van der Waals surface area contributed by atoms with Gasteiger partial charge in [0.2, 0.25) is 5.88 Å². The van der Waals surface area contributed by atoms with Crippen LogP contribution in [0.5, 0.6) is 11.6 Å². The van der Waals surface area contributed by atoms with Crippen molar-refractivity contribution in [3.8, 4) is 34.3 Å². The lowest BCUT2D eigenvalue weighted by Gasteiger charge is -2.03. The number of para-hydroxylation sites is 1. The zero-order valence-corrected chi connectivity index (χ0v) is 12.1. The standard InChI is InChI=1S/C18H13N3O2/c22-15-9-2-1-6-12(15)17-20-16(13-7-5-10-19-18(13)23)14-8-3-4-11-21(14)17/h1-11,22H,(H,19,23). The molecule has 3 heterocycles. The van der Waals surface area contributed by atoms with Gasteiger partial charge in [0, 0.05) is 12.4 Å². The topological polar surface area (TPSA) is 70.7 Å². The first-order valence-electron chi connectivity index (χ1n) is 7.15. The molecule has 0 saturated heterocycles. The average molecular weight is 303 g/mol. The first-order valence-corrected chi connectivity index (χ1v) is 7.15. The van der Waals surface area contributed by atoms with Crippen LogP contribution in [0.1, 0.15) is 0 Å². The number of phenolic OH excluding ortho intramolecular Hbond substituents is 1. The van der Waals surface area contributed by atoms with Crippen molar-refractivity contribution in [2.45, 2.75) is 0 Å². The molecule has 2 N–H and O–H groups in total. The number of hydrogen-bond acceptors (Lipinski definition) is 4. The Hall–Kier alpha value is -3.34. The Kier molecular flexibility index (Phi) is 2.98. The van der Waals surface area contributed by atoms with Crippen molar-refractivity contribution in [2.24, 2.45) is 0 Å². The third-order valence-electron chi connectivity index (χ3n) is 3.74. The molecule has 4 aromatic rings. The molecule has 0 aliphatic rings. The lowest BCUT2D eigenvalue weighted by Crippen LogP contribution is -1.88. The highest BCUT2D eigenvalue weighted by Crippen LogP contribution is 2.35. The molecular weight excluding hydrogens is 290 g/mol. The molecule has 5 nitrogen and oxygen atoms in total. The van der Waals surface area contributed by atoms with Crippen molar-refractivity contribution < 1.29 is 10.2 Å². The molecule has 0 bridgehead atoms. The van der Waals surface area contributed by atoms with Gasteiger partial charge in [-0.1, -0.05) is 18.2 Å². The Morgan fingerprint density at radius 3 is 2.43 bits per heavy atom. The summed E-state index contributed by atoms with van der Waals surface area (Å²) in [6.45, 7) is 0. The van der Waals surface area contributed by atoms with E-state index in [4.69, 9.17) is 0 Å². The molecule has 23 heavy (non-hydrogen) atoms. The average Bonchev–Trinajstić information content (AvgIpc) is 2.95. The summed E-state index contributed by atoms with van der Waals surface area (Å²) < 4.78 is 1.89. The second kappa shape index (κ2) is 5.14.